The Hall–Kier alpha value is -3.31. The van der Waals surface area contributed by atoms with Gasteiger partial charge in [-0.3, -0.25) is 9.59 Å². The van der Waals surface area contributed by atoms with Gasteiger partial charge in [-0.15, -0.1) is 0 Å². The molecule has 3 aliphatic rings. The number of carbonyl (C=O) groups excluding carboxylic acids is 2. The van der Waals surface area contributed by atoms with Crippen LogP contribution in [0.3, 0.4) is 0 Å². The van der Waals surface area contributed by atoms with Gasteiger partial charge in [0.15, 0.2) is 15.8 Å². The number of nitrogens with zero attached hydrogens (tertiary/aromatic N) is 3. The Balaban J connectivity index is 1.46. The Morgan fingerprint density at radius 3 is 2.39 bits per heavy atom. The Labute approximate surface area is 213 Å². The number of nitrogens with two attached hydrogens (primary N) is 2. The summed E-state index contributed by atoms with van der Waals surface area (Å²) in [4.78, 5) is 32.1. The van der Waals surface area contributed by atoms with Gasteiger partial charge in [0.2, 0.25) is 5.91 Å². The molecular formula is C24H26ClN5O5S. The first kappa shape index (κ1) is 24.4. The highest BCUT2D eigenvalue weighted by Crippen LogP contribution is 2.45. The van der Waals surface area contributed by atoms with Gasteiger partial charge >= 0.3 is 0 Å². The summed E-state index contributed by atoms with van der Waals surface area (Å²) in [6.07, 6.45) is 1.94. The van der Waals surface area contributed by atoms with Gasteiger partial charge in [0, 0.05) is 48.9 Å². The third kappa shape index (κ3) is 4.60. The fourth-order valence-corrected chi connectivity index (χ4v) is 6.45. The number of anilines is 1. The molecule has 0 spiro atoms. The number of carbonyl (C=O) groups is 2. The Morgan fingerprint density at radius 1 is 1.06 bits per heavy atom. The van der Waals surface area contributed by atoms with Crippen molar-refractivity contribution in [2.24, 2.45) is 22.4 Å². The zero-order valence-corrected chi connectivity index (χ0v) is 21.2. The number of piperazine rings is 1. The molecule has 0 atom stereocenters. The van der Waals surface area contributed by atoms with Crippen LogP contribution in [-0.4, -0.2) is 57.3 Å². The van der Waals surface area contributed by atoms with E-state index in [1.807, 2.05) is 4.90 Å². The second-order valence-electron chi connectivity index (χ2n) is 9.33. The normalized spacial score (nSPS) is 18.4. The van der Waals surface area contributed by atoms with E-state index < -0.39 is 21.7 Å². The van der Waals surface area contributed by atoms with Crippen LogP contribution >= 0.6 is 11.6 Å². The number of fused-ring (bicyclic) bond motifs is 2. The number of halogens is 1. The smallest absolute Gasteiger partial charge is 0.280 e. The van der Waals surface area contributed by atoms with Crippen molar-refractivity contribution in [2.75, 3.05) is 31.1 Å². The summed E-state index contributed by atoms with van der Waals surface area (Å²) in [6.45, 7) is 4.09. The molecule has 36 heavy (non-hydrogen) atoms. The average molecular weight is 532 g/mol. The van der Waals surface area contributed by atoms with Gasteiger partial charge in [0.25, 0.3) is 5.91 Å². The zero-order chi connectivity index (χ0) is 25.8. The van der Waals surface area contributed by atoms with Gasteiger partial charge in [0.05, 0.1) is 10.8 Å². The van der Waals surface area contributed by atoms with Gasteiger partial charge in [-0.2, -0.15) is 4.99 Å². The number of aliphatic imine (C=N–C) groups is 1. The van der Waals surface area contributed by atoms with Crippen LogP contribution in [0.25, 0.3) is 0 Å². The lowest BCUT2D eigenvalue weighted by Crippen LogP contribution is -2.49. The van der Waals surface area contributed by atoms with Crippen LogP contribution < -0.4 is 21.1 Å². The molecule has 0 bridgehead atoms. The zero-order valence-electron chi connectivity index (χ0n) is 19.7. The molecular weight excluding hydrogens is 506 g/mol. The molecule has 1 saturated carbocycles. The van der Waals surface area contributed by atoms with E-state index in [-0.39, 0.29) is 44.6 Å². The highest BCUT2D eigenvalue weighted by Gasteiger charge is 2.35. The van der Waals surface area contributed by atoms with Crippen molar-refractivity contribution < 1.29 is 22.7 Å². The van der Waals surface area contributed by atoms with Crippen molar-refractivity contribution in [3.05, 3.63) is 46.0 Å². The van der Waals surface area contributed by atoms with Crippen LogP contribution in [0.15, 0.2) is 34.2 Å². The molecule has 12 heteroatoms. The summed E-state index contributed by atoms with van der Waals surface area (Å²) in [5, 5.41) is 0.280. The summed E-state index contributed by atoms with van der Waals surface area (Å²) in [5.41, 5.74) is 12.2. The summed E-state index contributed by atoms with van der Waals surface area (Å²) < 4.78 is 32.9. The Bertz CT molecular complexity index is 1410. The molecule has 1 saturated heterocycles. The highest BCUT2D eigenvalue weighted by molar-refractivity contribution is 7.90. The van der Waals surface area contributed by atoms with E-state index in [0.717, 1.165) is 18.5 Å². The topological polar surface area (TPSA) is 148 Å². The minimum atomic E-state index is -3.90. The van der Waals surface area contributed by atoms with Crippen molar-refractivity contribution in [1.82, 2.24) is 4.90 Å². The molecule has 2 aromatic carbocycles. The largest absolute Gasteiger partial charge is 0.454 e. The van der Waals surface area contributed by atoms with Crippen molar-refractivity contribution in [3.8, 4) is 11.5 Å². The first-order chi connectivity index (χ1) is 17.0. The molecule has 2 aliphatic heterocycles. The maximum absolute atomic E-state index is 13.4. The molecule has 0 aromatic heterocycles. The maximum Gasteiger partial charge on any atom is 0.280 e. The number of hydrogen-bond donors (Lipinski definition) is 2. The molecule has 190 valence electrons. The number of amides is 2. The van der Waals surface area contributed by atoms with Crippen LogP contribution in [0, 0.1) is 12.8 Å². The number of rotatable bonds is 3. The number of aryl methyl sites for hydroxylation is 1. The van der Waals surface area contributed by atoms with Gasteiger partial charge in [0.1, 0.15) is 16.4 Å². The number of benzene rings is 2. The maximum atomic E-state index is 13.4. The van der Waals surface area contributed by atoms with Crippen LogP contribution in [0.5, 0.6) is 11.5 Å². The van der Waals surface area contributed by atoms with Gasteiger partial charge in [-0.1, -0.05) is 11.6 Å². The third-order valence-corrected chi connectivity index (χ3v) is 8.54. The molecule has 2 fully saturated rings. The summed E-state index contributed by atoms with van der Waals surface area (Å²) >= 11 is 6.61. The van der Waals surface area contributed by atoms with E-state index in [9.17, 15) is 18.0 Å². The fraction of sp³-hybridized carbons (Fsp3) is 0.375. The highest BCUT2D eigenvalue weighted by atomic mass is 35.5. The summed E-state index contributed by atoms with van der Waals surface area (Å²) in [7, 11) is -3.90. The van der Waals surface area contributed by atoms with E-state index in [2.05, 4.69) is 9.89 Å². The van der Waals surface area contributed by atoms with Crippen molar-refractivity contribution >= 4 is 44.9 Å². The van der Waals surface area contributed by atoms with E-state index >= 15 is 0 Å². The molecule has 2 amide bonds. The minimum absolute atomic E-state index is 0.0307. The second kappa shape index (κ2) is 8.97. The summed E-state index contributed by atoms with van der Waals surface area (Å²) in [5.74, 6) is -0.758. The van der Waals surface area contributed by atoms with Crippen LogP contribution in [0.2, 0.25) is 5.02 Å². The van der Waals surface area contributed by atoms with E-state index in [4.69, 9.17) is 27.8 Å². The second-order valence-corrected chi connectivity index (χ2v) is 11.7. The monoisotopic (exact) mass is 531 g/mol. The lowest BCUT2D eigenvalue weighted by atomic mass is 10.1. The van der Waals surface area contributed by atoms with Crippen molar-refractivity contribution in [3.63, 3.8) is 0 Å². The van der Waals surface area contributed by atoms with Gasteiger partial charge in [-0.25, -0.2) is 8.42 Å². The van der Waals surface area contributed by atoms with Gasteiger partial charge in [-0.05, 0) is 49.6 Å². The fourth-order valence-electron chi connectivity index (χ4n) is 4.61. The lowest BCUT2D eigenvalue weighted by molar-refractivity contribution is -0.132. The molecule has 4 N–H and O–H groups in total. The van der Waals surface area contributed by atoms with Crippen molar-refractivity contribution in [1.29, 1.82) is 0 Å². The SMILES string of the molecule is Cc1cc(C(=O)N=C(N)N)cc2c1Oc1c(Cl)cc(N3CCN(C(=O)C4CC4)CC3)cc1CS2(=O)=O. The minimum Gasteiger partial charge on any atom is -0.454 e. The predicted molar refractivity (Wildman–Crippen MR) is 135 cm³/mol. The number of guanidine groups is 1. The third-order valence-electron chi connectivity index (χ3n) is 6.59. The molecule has 2 aromatic rings. The first-order valence-corrected chi connectivity index (χ1v) is 13.6. The van der Waals surface area contributed by atoms with Crippen LogP contribution in [-0.2, 0) is 20.4 Å². The van der Waals surface area contributed by atoms with Crippen molar-refractivity contribution in [2.45, 2.75) is 30.4 Å². The van der Waals surface area contributed by atoms with Crippen LogP contribution in [0.4, 0.5) is 5.69 Å². The standard InChI is InChI=1S/C24H26ClN5O5S/c1-13-8-15(22(31)28-24(26)27)10-19-20(13)35-21-16(12-36(19,33)34)9-17(11-18(21)25)29-4-6-30(7-5-29)23(32)14-2-3-14/h8-11,14H,2-7,12H2,1H3,(H4,26,27,28,31). The van der Waals surface area contributed by atoms with E-state index in [0.29, 0.717) is 37.3 Å². The molecule has 10 nitrogen and oxygen atoms in total. The van der Waals surface area contributed by atoms with Crippen LogP contribution in [0.1, 0.15) is 34.3 Å². The first-order valence-electron chi connectivity index (χ1n) is 11.6. The summed E-state index contributed by atoms with van der Waals surface area (Å²) in [6, 6.07) is 6.22. The number of hydrogen-bond acceptors (Lipinski definition) is 6. The quantitative estimate of drug-likeness (QED) is 0.452. The van der Waals surface area contributed by atoms with E-state index in [1.165, 1.54) is 12.1 Å². The molecule has 2 heterocycles. The Kier molecular flexibility index (Phi) is 6.08. The van der Waals surface area contributed by atoms with Gasteiger partial charge < -0.3 is 26.0 Å². The Morgan fingerprint density at radius 2 is 1.75 bits per heavy atom. The lowest BCUT2D eigenvalue weighted by Gasteiger charge is -2.36. The molecule has 1 aliphatic carbocycles. The predicted octanol–water partition coefficient (Wildman–Crippen LogP) is 2.20. The molecule has 5 rings (SSSR count). The molecule has 0 unspecified atom stereocenters. The molecule has 0 radical (unpaired) electrons. The average Bonchev–Trinajstić information content (AvgIpc) is 3.66. The number of sulfone groups is 1. The van der Waals surface area contributed by atoms with E-state index in [1.54, 1.807) is 19.1 Å². The number of ether oxygens (including phenoxy) is 1.